The Bertz CT molecular complexity index is 757. The Kier molecular flexibility index (Phi) is 7.72. The molecule has 1 aromatic carbocycles. The molecule has 0 amide bonds. The highest BCUT2D eigenvalue weighted by Gasteiger charge is 2.06. The van der Waals surface area contributed by atoms with Crippen molar-refractivity contribution in [2.45, 2.75) is 46.0 Å². The normalized spacial score (nSPS) is 11.5. The number of ether oxygens (including phenoxy) is 1. The minimum Gasteiger partial charge on any atom is -0.494 e. The van der Waals surface area contributed by atoms with Crippen molar-refractivity contribution in [3.8, 4) is 17.0 Å². The predicted molar refractivity (Wildman–Crippen MR) is 115 cm³/mol. The summed E-state index contributed by atoms with van der Waals surface area (Å²) in [5, 5.41) is 2.05. The highest BCUT2D eigenvalue weighted by molar-refractivity contribution is 7.15. The Morgan fingerprint density at radius 3 is 2.37 bits per heavy atom. The van der Waals surface area contributed by atoms with Gasteiger partial charge in [0, 0.05) is 29.9 Å². The van der Waals surface area contributed by atoms with E-state index in [0.29, 0.717) is 0 Å². The second-order valence-electron chi connectivity index (χ2n) is 6.99. The number of hydrogen-bond acceptors (Lipinski definition) is 4. The van der Waals surface area contributed by atoms with Gasteiger partial charge in [-0.05, 0) is 56.6 Å². The molecule has 0 fully saturated rings. The average Bonchev–Trinajstić information content (AvgIpc) is 3.29. The summed E-state index contributed by atoms with van der Waals surface area (Å²) in [6.45, 7) is 8.85. The van der Waals surface area contributed by atoms with Crippen LogP contribution in [0.25, 0.3) is 16.2 Å². The maximum absolute atomic E-state index is 5.95. The van der Waals surface area contributed by atoms with E-state index in [-0.39, 0.29) is 0 Å². The summed E-state index contributed by atoms with van der Waals surface area (Å²) < 4.78 is 8.01. The van der Waals surface area contributed by atoms with E-state index >= 15 is 0 Å². The zero-order valence-electron chi connectivity index (χ0n) is 16.6. The highest BCUT2D eigenvalue weighted by atomic mass is 32.1. The van der Waals surface area contributed by atoms with Crippen LogP contribution in [-0.4, -0.2) is 40.5 Å². The first-order chi connectivity index (χ1) is 13.3. The van der Waals surface area contributed by atoms with E-state index < -0.39 is 0 Å². The van der Waals surface area contributed by atoms with Gasteiger partial charge in [-0.3, -0.25) is 4.40 Å². The Morgan fingerprint density at radius 2 is 1.70 bits per heavy atom. The third-order valence-electron chi connectivity index (χ3n) is 4.79. The van der Waals surface area contributed by atoms with Crippen LogP contribution in [0.2, 0.25) is 0 Å². The van der Waals surface area contributed by atoms with Gasteiger partial charge in [-0.15, -0.1) is 11.3 Å². The van der Waals surface area contributed by atoms with E-state index in [9.17, 15) is 0 Å². The van der Waals surface area contributed by atoms with Crippen LogP contribution in [0.4, 0.5) is 0 Å². The molecule has 2 heterocycles. The van der Waals surface area contributed by atoms with Crippen LogP contribution in [0.15, 0.2) is 42.0 Å². The lowest BCUT2D eigenvalue weighted by atomic mass is 10.2. The molecule has 2 aromatic heterocycles. The van der Waals surface area contributed by atoms with Crippen molar-refractivity contribution in [1.29, 1.82) is 0 Å². The molecule has 0 N–H and O–H groups in total. The average molecular weight is 386 g/mol. The van der Waals surface area contributed by atoms with Crippen LogP contribution in [-0.2, 0) is 0 Å². The molecular weight excluding hydrogens is 354 g/mol. The van der Waals surface area contributed by atoms with Gasteiger partial charge in [-0.25, -0.2) is 4.98 Å². The monoisotopic (exact) mass is 385 g/mol. The van der Waals surface area contributed by atoms with Gasteiger partial charge in [0.25, 0.3) is 0 Å². The smallest absolute Gasteiger partial charge is 0.194 e. The zero-order valence-corrected chi connectivity index (χ0v) is 17.4. The molecular formula is C22H31N3OS. The summed E-state index contributed by atoms with van der Waals surface area (Å²) in [7, 11) is 0. The molecule has 5 heteroatoms. The summed E-state index contributed by atoms with van der Waals surface area (Å²) in [6, 6.07) is 8.29. The molecule has 0 radical (unpaired) electrons. The summed E-state index contributed by atoms with van der Waals surface area (Å²) >= 11 is 1.65. The van der Waals surface area contributed by atoms with Crippen molar-refractivity contribution in [2.75, 3.05) is 26.2 Å². The number of unbranched alkanes of at least 4 members (excludes halogenated alkanes) is 2. The van der Waals surface area contributed by atoms with Gasteiger partial charge >= 0.3 is 0 Å². The fourth-order valence-electron chi connectivity index (χ4n) is 3.17. The molecule has 0 aliphatic rings. The molecule has 0 atom stereocenters. The Morgan fingerprint density at radius 1 is 1.00 bits per heavy atom. The molecule has 3 aromatic rings. The van der Waals surface area contributed by atoms with Crippen LogP contribution in [0.5, 0.6) is 5.75 Å². The number of thiazole rings is 1. The lowest BCUT2D eigenvalue weighted by Gasteiger charge is -2.21. The van der Waals surface area contributed by atoms with Crippen molar-refractivity contribution < 1.29 is 4.74 Å². The molecule has 0 unspecified atom stereocenters. The van der Waals surface area contributed by atoms with Crippen LogP contribution < -0.4 is 4.74 Å². The molecule has 0 saturated heterocycles. The van der Waals surface area contributed by atoms with Gasteiger partial charge in [0.1, 0.15) is 5.75 Å². The highest BCUT2D eigenvalue weighted by Crippen LogP contribution is 2.23. The standard InChI is InChI=1S/C22H31N3OS/c1-3-5-12-24(13-6-4-2)14-7-16-26-20-10-8-19(9-11-20)21-18-25-15-17-27-22(25)23-21/h8-11,15,17-18H,3-7,12-14,16H2,1-2H3. The Labute approximate surface area is 166 Å². The van der Waals surface area contributed by atoms with Gasteiger partial charge in [-0.2, -0.15) is 0 Å². The molecule has 0 bridgehead atoms. The molecule has 0 aliphatic carbocycles. The van der Waals surface area contributed by atoms with Crippen molar-refractivity contribution in [1.82, 2.24) is 14.3 Å². The first-order valence-electron chi connectivity index (χ1n) is 10.2. The van der Waals surface area contributed by atoms with E-state index in [1.165, 1.54) is 38.8 Å². The number of rotatable bonds is 12. The molecule has 0 aliphatic heterocycles. The van der Waals surface area contributed by atoms with Crippen LogP contribution in [0, 0.1) is 0 Å². The number of hydrogen-bond donors (Lipinski definition) is 0. The van der Waals surface area contributed by atoms with E-state index in [2.05, 4.69) is 64.0 Å². The third kappa shape index (κ3) is 5.81. The van der Waals surface area contributed by atoms with E-state index in [1.807, 2.05) is 6.20 Å². The SMILES string of the molecule is CCCCN(CCCC)CCCOc1ccc(-c2cn3ccsc3n2)cc1. The summed E-state index contributed by atoms with van der Waals surface area (Å²) in [4.78, 5) is 8.27. The second-order valence-corrected chi connectivity index (χ2v) is 7.87. The van der Waals surface area contributed by atoms with Crippen molar-refractivity contribution >= 4 is 16.3 Å². The fraction of sp³-hybridized carbons (Fsp3) is 0.500. The molecule has 27 heavy (non-hydrogen) atoms. The van der Waals surface area contributed by atoms with Gasteiger partial charge < -0.3 is 9.64 Å². The maximum atomic E-state index is 5.95. The number of imidazole rings is 1. The first-order valence-corrected chi connectivity index (χ1v) is 11.1. The van der Waals surface area contributed by atoms with Gasteiger partial charge in [0.05, 0.1) is 12.3 Å². The topological polar surface area (TPSA) is 29.8 Å². The lowest BCUT2D eigenvalue weighted by molar-refractivity contribution is 0.229. The minimum absolute atomic E-state index is 0.772. The quantitative estimate of drug-likeness (QED) is 0.373. The van der Waals surface area contributed by atoms with Crippen LogP contribution in [0.3, 0.4) is 0 Å². The number of nitrogens with zero attached hydrogens (tertiary/aromatic N) is 3. The van der Waals surface area contributed by atoms with Gasteiger partial charge in [0.2, 0.25) is 0 Å². The molecule has 3 rings (SSSR count). The number of benzene rings is 1. The van der Waals surface area contributed by atoms with Crippen molar-refractivity contribution in [3.63, 3.8) is 0 Å². The van der Waals surface area contributed by atoms with E-state index in [4.69, 9.17) is 4.74 Å². The lowest BCUT2D eigenvalue weighted by Crippen LogP contribution is -2.28. The summed E-state index contributed by atoms with van der Waals surface area (Å²) in [5.41, 5.74) is 2.14. The van der Waals surface area contributed by atoms with Gasteiger partial charge in [-0.1, -0.05) is 26.7 Å². The fourth-order valence-corrected chi connectivity index (χ4v) is 3.87. The second kappa shape index (κ2) is 10.5. The van der Waals surface area contributed by atoms with Crippen molar-refractivity contribution in [3.05, 3.63) is 42.0 Å². The minimum atomic E-state index is 0.772. The van der Waals surface area contributed by atoms with Gasteiger partial charge in [0.15, 0.2) is 4.96 Å². The maximum Gasteiger partial charge on any atom is 0.194 e. The largest absolute Gasteiger partial charge is 0.494 e. The molecule has 0 spiro atoms. The number of fused-ring (bicyclic) bond motifs is 1. The first kappa shape index (κ1) is 19.9. The third-order valence-corrected chi connectivity index (χ3v) is 5.56. The number of aromatic nitrogens is 2. The van der Waals surface area contributed by atoms with E-state index in [0.717, 1.165) is 41.5 Å². The van der Waals surface area contributed by atoms with Crippen LogP contribution >= 0.6 is 11.3 Å². The van der Waals surface area contributed by atoms with Crippen LogP contribution in [0.1, 0.15) is 46.0 Å². The van der Waals surface area contributed by atoms with Crippen molar-refractivity contribution in [2.24, 2.45) is 0 Å². The molecule has 4 nitrogen and oxygen atoms in total. The Balaban J connectivity index is 1.44. The predicted octanol–water partition coefficient (Wildman–Crippen LogP) is 5.73. The summed E-state index contributed by atoms with van der Waals surface area (Å²) in [6.07, 6.45) is 10.3. The Hall–Kier alpha value is -1.85. The molecule has 0 saturated carbocycles. The molecule has 146 valence electrons. The zero-order chi connectivity index (χ0) is 18.9. The summed E-state index contributed by atoms with van der Waals surface area (Å²) in [5.74, 6) is 0.938. The van der Waals surface area contributed by atoms with E-state index in [1.54, 1.807) is 11.3 Å².